The predicted molar refractivity (Wildman–Crippen MR) is 94.7 cm³/mol. The van der Waals surface area contributed by atoms with Gasteiger partial charge in [0.1, 0.15) is 0 Å². The Bertz CT molecular complexity index is 604. The minimum absolute atomic E-state index is 0.149. The van der Waals surface area contributed by atoms with Crippen molar-refractivity contribution >= 4 is 40.9 Å². The van der Waals surface area contributed by atoms with E-state index in [1.807, 2.05) is 11.8 Å². The Kier molecular flexibility index (Phi) is 6.71. The largest absolute Gasteiger partial charge is 0.450 e. The molecule has 1 fully saturated rings. The van der Waals surface area contributed by atoms with Crippen LogP contribution in [0, 0.1) is 0 Å². The Hall–Kier alpha value is -1.50. The van der Waals surface area contributed by atoms with Crippen molar-refractivity contribution in [1.29, 1.82) is 0 Å². The van der Waals surface area contributed by atoms with Gasteiger partial charge in [0.25, 0.3) is 0 Å². The molecule has 1 atom stereocenters. The van der Waals surface area contributed by atoms with Crippen molar-refractivity contribution in [2.75, 3.05) is 38.1 Å². The van der Waals surface area contributed by atoms with E-state index >= 15 is 0 Å². The minimum atomic E-state index is -0.332. The van der Waals surface area contributed by atoms with Gasteiger partial charge in [-0.15, -0.1) is 0 Å². The summed E-state index contributed by atoms with van der Waals surface area (Å²) >= 11 is 11.9. The summed E-state index contributed by atoms with van der Waals surface area (Å²) in [7, 11) is 0. The summed E-state index contributed by atoms with van der Waals surface area (Å²) in [6.07, 6.45) is -0.304. The van der Waals surface area contributed by atoms with Crippen LogP contribution in [0.25, 0.3) is 0 Å². The highest BCUT2D eigenvalue weighted by atomic mass is 35.5. The summed E-state index contributed by atoms with van der Waals surface area (Å²) in [5, 5.41) is 3.73. The lowest BCUT2D eigenvalue weighted by Crippen LogP contribution is -2.54. The highest BCUT2D eigenvalue weighted by Crippen LogP contribution is 2.25. The van der Waals surface area contributed by atoms with Gasteiger partial charge in [-0.1, -0.05) is 23.2 Å². The molecule has 0 aromatic heterocycles. The molecule has 0 bridgehead atoms. The van der Waals surface area contributed by atoms with Crippen molar-refractivity contribution in [3.8, 4) is 0 Å². The van der Waals surface area contributed by atoms with Crippen LogP contribution in [0.5, 0.6) is 0 Å². The summed E-state index contributed by atoms with van der Waals surface area (Å²) in [5.41, 5.74) is 0.531. The Labute approximate surface area is 151 Å². The molecule has 1 heterocycles. The van der Waals surface area contributed by atoms with Crippen LogP contribution in [0.3, 0.4) is 0 Å². The maximum absolute atomic E-state index is 12.4. The lowest BCUT2D eigenvalue weighted by atomic mass is 10.2. The molecule has 8 heteroatoms. The zero-order valence-corrected chi connectivity index (χ0v) is 15.2. The standard InChI is InChI=1S/C16H21Cl2N3O3/c1-3-24-16(23)21-8-6-20(7-9-21)11(2)15(22)19-14-5-4-12(17)10-13(14)18/h4-5,10-11H,3,6-9H2,1-2H3,(H,19,22)/t11-/m1/s1. The zero-order valence-electron chi connectivity index (χ0n) is 13.7. The molecule has 132 valence electrons. The number of rotatable bonds is 4. The number of nitrogens with one attached hydrogen (secondary N) is 1. The SMILES string of the molecule is CCOC(=O)N1CCN([C@H](C)C(=O)Nc2ccc(Cl)cc2Cl)CC1. The second-order valence-corrected chi connectivity index (χ2v) is 6.35. The van der Waals surface area contributed by atoms with Gasteiger partial charge >= 0.3 is 6.09 Å². The number of benzene rings is 1. The Morgan fingerprint density at radius 2 is 1.92 bits per heavy atom. The van der Waals surface area contributed by atoms with E-state index in [4.69, 9.17) is 27.9 Å². The van der Waals surface area contributed by atoms with Crippen molar-refractivity contribution in [3.05, 3.63) is 28.2 Å². The lowest BCUT2D eigenvalue weighted by Gasteiger charge is -2.36. The number of amides is 2. The molecule has 1 N–H and O–H groups in total. The van der Waals surface area contributed by atoms with E-state index in [-0.39, 0.29) is 18.0 Å². The molecule has 2 amide bonds. The van der Waals surface area contributed by atoms with E-state index in [2.05, 4.69) is 5.32 Å². The molecule has 0 radical (unpaired) electrons. The van der Waals surface area contributed by atoms with Gasteiger partial charge in [0, 0.05) is 31.2 Å². The summed E-state index contributed by atoms with van der Waals surface area (Å²) in [6, 6.07) is 4.60. The molecule has 1 aromatic carbocycles. The monoisotopic (exact) mass is 373 g/mol. The third kappa shape index (κ3) is 4.75. The Balaban J connectivity index is 1.89. The zero-order chi connectivity index (χ0) is 17.7. The van der Waals surface area contributed by atoms with E-state index in [9.17, 15) is 9.59 Å². The lowest BCUT2D eigenvalue weighted by molar-refractivity contribution is -0.121. The number of hydrogen-bond acceptors (Lipinski definition) is 4. The molecule has 1 aliphatic heterocycles. The van der Waals surface area contributed by atoms with Crippen molar-refractivity contribution in [3.63, 3.8) is 0 Å². The van der Waals surface area contributed by atoms with Crippen LogP contribution in [-0.4, -0.2) is 60.6 Å². The molecule has 0 saturated carbocycles. The van der Waals surface area contributed by atoms with Gasteiger partial charge in [-0.2, -0.15) is 0 Å². The first-order valence-electron chi connectivity index (χ1n) is 7.84. The second kappa shape index (κ2) is 8.55. The maximum Gasteiger partial charge on any atom is 0.409 e. The molecule has 1 aliphatic rings. The number of carbonyl (C=O) groups excluding carboxylic acids is 2. The van der Waals surface area contributed by atoms with Gasteiger partial charge < -0.3 is 15.0 Å². The normalized spacial score (nSPS) is 16.6. The van der Waals surface area contributed by atoms with Gasteiger partial charge in [0.2, 0.25) is 5.91 Å². The molecular formula is C16H21Cl2N3O3. The van der Waals surface area contributed by atoms with Crippen LogP contribution in [0.2, 0.25) is 10.0 Å². The van der Waals surface area contributed by atoms with Crippen molar-refractivity contribution in [1.82, 2.24) is 9.80 Å². The summed E-state index contributed by atoms with van der Waals surface area (Å²) in [6.45, 7) is 6.28. The van der Waals surface area contributed by atoms with Crippen LogP contribution in [-0.2, 0) is 9.53 Å². The molecule has 1 saturated heterocycles. The first-order valence-corrected chi connectivity index (χ1v) is 8.59. The van der Waals surface area contributed by atoms with Crippen LogP contribution in [0.15, 0.2) is 18.2 Å². The van der Waals surface area contributed by atoms with Crippen molar-refractivity contribution in [2.45, 2.75) is 19.9 Å². The topological polar surface area (TPSA) is 61.9 Å². The first-order chi connectivity index (χ1) is 11.4. The summed E-state index contributed by atoms with van der Waals surface area (Å²) < 4.78 is 4.99. The quantitative estimate of drug-likeness (QED) is 0.880. The van der Waals surface area contributed by atoms with E-state index in [0.717, 1.165) is 0 Å². The number of anilines is 1. The number of ether oxygens (including phenoxy) is 1. The minimum Gasteiger partial charge on any atom is -0.450 e. The fraction of sp³-hybridized carbons (Fsp3) is 0.500. The highest BCUT2D eigenvalue weighted by molar-refractivity contribution is 6.36. The van der Waals surface area contributed by atoms with E-state index in [1.54, 1.807) is 30.0 Å². The highest BCUT2D eigenvalue weighted by Gasteiger charge is 2.28. The second-order valence-electron chi connectivity index (χ2n) is 5.51. The third-order valence-corrected chi connectivity index (χ3v) is 4.50. The number of carbonyl (C=O) groups is 2. The fourth-order valence-corrected chi connectivity index (χ4v) is 2.96. The third-order valence-electron chi connectivity index (χ3n) is 3.96. The van der Waals surface area contributed by atoms with Gasteiger partial charge in [0.05, 0.1) is 23.4 Å². The van der Waals surface area contributed by atoms with E-state index in [1.165, 1.54) is 0 Å². The molecule has 6 nitrogen and oxygen atoms in total. The maximum atomic E-state index is 12.4. The molecule has 0 spiro atoms. The first kappa shape index (κ1) is 18.8. The predicted octanol–water partition coefficient (Wildman–Crippen LogP) is 3.09. The Morgan fingerprint density at radius 3 is 2.50 bits per heavy atom. The average Bonchev–Trinajstić information content (AvgIpc) is 2.57. The fourth-order valence-electron chi connectivity index (χ4n) is 2.50. The van der Waals surface area contributed by atoms with Gasteiger partial charge in [-0.25, -0.2) is 4.79 Å². The number of piperazine rings is 1. The average molecular weight is 374 g/mol. The molecule has 0 unspecified atom stereocenters. The molecule has 0 aliphatic carbocycles. The van der Waals surface area contributed by atoms with E-state index < -0.39 is 0 Å². The van der Waals surface area contributed by atoms with Gasteiger partial charge in [-0.3, -0.25) is 9.69 Å². The van der Waals surface area contributed by atoms with Crippen molar-refractivity contribution in [2.24, 2.45) is 0 Å². The van der Waals surface area contributed by atoms with Crippen LogP contribution in [0.4, 0.5) is 10.5 Å². The van der Waals surface area contributed by atoms with Gasteiger partial charge in [-0.05, 0) is 32.0 Å². The smallest absolute Gasteiger partial charge is 0.409 e. The number of nitrogens with zero attached hydrogens (tertiary/aromatic N) is 2. The van der Waals surface area contributed by atoms with Crippen molar-refractivity contribution < 1.29 is 14.3 Å². The number of hydrogen-bond donors (Lipinski definition) is 1. The molecule has 2 rings (SSSR count). The molecule has 24 heavy (non-hydrogen) atoms. The van der Waals surface area contributed by atoms with E-state index in [0.29, 0.717) is 48.5 Å². The summed E-state index contributed by atoms with van der Waals surface area (Å²) in [4.78, 5) is 27.8. The van der Waals surface area contributed by atoms with Gasteiger partial charge in [0.15, 0.2) is 0 Å². The molecular weight excluding hydrogens is 353 g/mol. The van der Waals surface area contributed by atoms with Crippen LogP contribution >= 0.6 is 23.2 Å². The summed E-state index contributed by atoms with van der Waals surface area (Å²) in [5.74, 6) is -0.149. The van der Waals surface area contributed by atoms with Crippen LogP contribution < -0.4 is 5.32 Å². The molecule has 1 aromatic rings. The Morgan fingerprint density at radius 1 is 1.25 bits per heavy atom. The number of halogens is 2. The van der Waals surface area contributed by atoms with Crippen LogP contribution in [0.1, 0.15) is 13.8 Å².